The van der Waals surface area contributed by atoms with E-state index in [0.717, 1.165) is 12.2 Å². The van der Waals surface area contributed by atoms with E-state index in [9.17, 15) is 0 Å². The molecule has 0 bridgehead atoms. The summed E-state index contributed by atoms with van der Waals surface area (Å²) < 4.78 is 6.74. The van der Waals surface area contributed by atoms with Gasteiger partial charge in [-0.15, -0.1) is 0 Å². The van der Waals surface area contributed by atoms with Gasteiger partial charge in [0, 0.05) is 19.2 Å². The number of fused-ring (bicyclic) bond motifs is 1. The molecule has 0 aliphatic heterocycles. The van der Waals surface area contributed by atoms with Gasteiger partial charge in [-0.05, 0) is 6.42 Å². The van der Waals surface area contributed by atoms with Gasteiger partial charge in [-0.2, -0.15) is 19.6 Å². The lowest BCUT2D eigenvalue weighted by atomic mass is 10.4. The van der Waals surface area contributed by atoms with Crippen LogP contribution in [-0.2, 0) is 4.74 Å². The second-order valence-electron chi connectivity index (χ2n) is 3.55. The fourth-order valence-electron chi connectivity index (χ4n) is 1.47. The summed E-state index contributed by atoms with van der Waals surface area (Å²) in [7, 11) is 0. The van der Waals surface area contributed by atoms with Crippen molar-refractivity contribution in [3.8, 4) is 0 Å². The molecule has 2 N–H and O–H groups in total. The summed E-state index contributed by atoms with van der Waals surface area (Å²) in [5, 5.41) is 16.1. The van der Waals surface area contributed by atoms with Crippen LogP contribution >= 0.6 is 11.6 Å². The van der Waals surface area contributed by atoms with Crippen molar-refractivity contribution in [2.24, 2.45) is 0 Å². The maximum atomic E-state index is 8.55. The Kier molecular flexibility index (Phi) is 4.68. The third-order valence-electron chi connectivity index (χ3n) is 2.23. The van der Waals surface area contributed by atoms with Crippen molar-refractivity contribution >= 4 is 23.2 Å². The maximum Gasteiger partial charge on any atom is 0.255 e. The number of hydrogen-bond donors (Lipinski definition) is 2. The standard InChI is InChI=1S/C10H14ClN5O2/c11-8-6-9(12-2-1-4-18-5-3-17)16-10(15-8)13-7-14-16/h6-7,12,17H,1-5H2. The lowest BCUT2D eigenvalue weighted by Gasteiger charge is -2.08. The molecular formula is C10H14ClN5O2. The van der Waals surface area contributed by atoms with E-state index >= 15 is 0 Å². The lowest BCUT2D eigenvalue weighted by Crippen LogP contribution is -2.10. The zero-order valence-electron chi connectivity index (χ0n) is 9.71. The number of nitrogens with zero attached hydrogens (tertiary/aromatic N) is 4. The molecule has 0 fully saturated rings. The molecule has 0 spiro atoms. The van der Waals surface area contributed by atoms with Gasteiger partial charge in [0.05, 0.1) is 13.2 Å². The van der Waals surface area contributed by atoms with Crippen molar-refractivity contribution < 1.29 is 9.84 Å². The first kappa shape index (κ1) is 13.0. The summed E-state index contributed by atoms with van der Waals surface area (Å²) >= 11 is 5.88. The topological polar surface area (TPSA) is 84.6 Å². The molecule has 0 amide bonds. The minimum Gasteiger partial charge on any atom is -0.394 e. The minimum atomic E-state index is 0.0486. The zero-order chi connectivity index (χ0) is 12.8. The van der Waals surface area contributed by atoms with Gasteiger partial charge < -0.3 is 15.2 Å². The molecule has 2 rings (SSSR count). The van der Waals surface area contributed by atoms with E-state index in [-0.39, 0.29) is 6.61 Å². The Morgan fingerprint density at radius 3 is 3.17 bits per heavy atom. The van der Waals surface area contributed by atoms with Crippen molar-refractivity contribution in [1.82, 2.24) is 19.6 Å². The van der Waals surface area contributed by atoms with E-state index in [4.69, 9.17) is 21.4 Å². The Balaban J connectivity index is 1.89. The third kappa shape index (κ3) is 3.28. The van der Waals surface area contributed by atoms with Gasteiger partial charge in [0.1, 0.15) is 17.3 Å². The van der Waals surface area contributed by atoms with Crippen LogP contribution in [0.4, 0.5) is 5.82 Å². The summed E-state index contributed by atoms with van der Waals surface area (Å²) in [6, 6.07) is 1.69. The van der Waals surface area contributed by atoms with Gasteiger partial charge in [-0.1, -0.05) is 11.6 Å². The van der Waals surface area contributed by atoms with Crippen LogP contribution in [0.3, 0.4) is 0 Å². The van der Waals surface area contributed by atoms with Crippen molar-refractivity contribution in [3.05, 3.63) is 17.5 Å². The second kappa shape index (κ2) is 6.48. The number of nitrogens with one attached hydrogen (secondary N) is 1. The van der Waals surface area contributed by atoms with Gasteiger partial charge in [0.25, 0.3) is 5.78 Å². The van der Waals surface area contributed by atoms with Crippen molar-refractivity contribution in [2.45, 2.75) is 6.42 Å². The highest BCUT2D eigenvalue weighted by atomic mass is 35.5. The molecule has 7 nitrogen and oxygen atoms in total. The van der Waals surface area contributed by atoms with Crippen molar-refractivity contribution in [2.75, 3.05) is 31.7 Å². The molecule has 0 saturated heterocycles. The molecule has 0 radical (unpaired) electrons. The first-order valence-corrected chi connectivity index (χ1v) is 5.98. The smallest absolute Gasteiger partial charge is 0.255 e. The number of hydrogen-bond acceptors (Lipinski definition) is 6. The van der Waals surface area contributed by atoms with Crippen LogP contribution in [0.5, 0.6) is 0 Å². The van der Waals surface area contributed by atoms with Crippen LogP contribution in [0, 0.1) is 0 Å². The van der Waals surface area contributed by atoms with Gasteiger partial charge >= 0.3 is 0 Å². The molecule has 0 unspecified atom stereocenters. The summed E-state index contributed by atoms with van der Waals surface area (Å²) in [4.78, 5) is 8.00. The molecule has 18 heavy (non-hydrogen) atoms. The largest absolute Gasteiger partial charge is 0.394 e. The highest BCUT2D eigenvalue weighted by molar-refractivity contribution is 6.29. The molecule has 2 heterocycles. The van der Waals surface area contributed by atoms with Crippen LogP contribution in [-0.4, -0.2) is 51.1 Å². The Morgan fingerprint density at radius 2 is 2.33 bits per heavy atom. The molecular weight excluding hydrogens is 258 g/mol. The molecule has 8 heteroatoms. The van der Waals surface area contributed by atoms with Crippen LogP contribution in [0.15, 0.2) is 12.4 Å². The molecule has 0 aliphatic rings. The number of aliphatic hydroxyl groups is 1. The number of ether oxygens (including phenoxy) is 1. The number of aromatic nitrogens is 4. The average Bonchev–Trinajstić information content (AvgIpc) is 2.81. The average molecular weight is 272 g/mol. The van der Waals surface area contributed by atoms with E-state index < -0.39 is 0 Å². The van der Waals surface area contributed by atoms with E-state index in [0.29, 0.717) is 30.7 Å². The van der Waals surface area contributed by atoms with Crippen molar-refractivity contribution in [3.63, 3.8) is 0 Å². The van der Waals surface area contributed by atoms with E-state index in [1.165, 1.54) is 6.33 Å². The normalized spacial score (nSPS) is 11.0. The molecule has 2 aromatic heterocycles. The molecule has 0 aromatic carbocycles. The third-order valence-corrected chi connectivity index (χ3v) is 2.42. The van der Waals surface area contributed by atoms with E-state index in [2.05, 4.69) is 20.4 Å². The van der Waals surface area contributed by atoms with Crippen LogP contribution in [0.25, 0.3) is 5.78 Å². The zero-order valence-corrected chi connectivity index (χ0v) is 10.5. The monoisotopic (exact) mass is 271 g/mol. The summed E-state index contributed by atoms with van der Waals surface area (Å²) in [5.74, 6) is 1.20. The predicted molar refractivity (Wildman–Crippen MR) is 66.8 cm³/mol. The second-order valence-corrected chi connectivity index (χ2v) is 3.94. The Bertz CT molecular complexity index is 504. The highest BCUT2D eigenvalue weighted by Crippen LogP contribution is 2.14. The van der Waals surface area contributed by atoms with Gasteiger partial charge in [0.15, 0.2) is 0 Å². The Hall–Kier alpha value is -1.44. The molecule has 0 saturated carbocycles. The first-order valence-electron chi connectivity index (χ1n) is 5.60. The molecule has 0 aliphatic carbocycles. The minimum absolute atomic E-state index is 0.0486. The number of halogens is 1. The van der Waals surface area contributed by atoms with Gasteiger partial charge in [0.2, 0.25) is 0 Å². The SMILES string of the molecule is OCCOCCCNc1cc(Cl)nc2ncnn12. The lowest BCUT2D eigenvalue weighted by molar-refractivity contribution is 0.0922. The summed E-state index contributed by atoms with van der Waals surface area (Å²) in [5.41, 5.74) is 0. The Labute approximate surface area is 109 Å². The molecule has 2 aromatic rings. The van der Waals surface area contributed by atoms with E-state index in [1.807, 2.05) is 0 Å². The van der Waals surface area contributed by atoms with Gasteiger partial charge in [-0.25, -0.2) is 0 Å². The van der Waals surface area contributed by atoms with Crippen LogP contribution in [0.2, 0.25) is 5.15 Å². The molecule has 98 valence electrons. The van der Waals surface area contributed by atoms with Crippen LogP contribution in [0.1, 0.15) is 6.42 Å². The number of aliphatic hydroxyl groups excluding tert-OH is 1. The number of rotatable bonds is 7. The predicted octanol–water partition coefficient (Wildman–Crippen LogP) is 0.589. The summed E-state index contributed by atoms with van der Waals surface area (Å²) in [6.45, 7) is 1.72. The number of anilines is 1. The quantitative estimate of drug-likeness (QED) is 0.566. The maximum absolute atomic E-state index is 8.55. The molecule has 0 atom stereocenters. The fourth-order valence-corrected chi connectivity index (χ4v) is 1.65. The van der Waals surface area contributed by atoms with Gasteiger partial charge in [-0.3, -0.25) is 0 Å². The fraction of sp³-hybridized carbons (Fsp3) is 0.500. The van der Waals surface area contributed by atoms with Crippen molar-refractivity contribution in [1.29, 1.82) is 0 Å². The highest BCUT2D eigenvalue weighted by Gasteiger charge is 2.05. The summed E-state index contributed by atoms with van der Waals surface area (Å²) in [6.07, 6.45) is 2.24. The van der Waals surface area contributed by atoms with E-state index in [1.54, 1.807) is 10.6 Å². The Morgan fingerprint density at radius 1 is 1.44 bits per heavy atom. The van der Waals surface area contributed by atoms with Crippen LogP contribution < -0.4 is 5.32 Å². The first-order chi connectivity index (χ1) is 8.81.